The number of fused-ring (bicyclic) bond motifs is 2. The largest absolute Gasteiger partial charge is 0.417 e. The zero-order valence-corrected chi connectivity index (χ0v) is 26.2. The number of hydrogen-bond donors (Lipinski definition) is 0. The molecule has 10 heteroatoms. The Bertz CT molecular complexity index is 974. The molecule has 0 bridgehead atoms. The van der Waals surface area contributed by atoms with Crippen molar-refractivity contribution < 1.29 is 27.5 Å². The minimum absolute atomic E-state index is 0.0194. The lowest BCUT2D eigenvalue weighted by molar-refractivity contribution is -0.198. The van der Waals surface area contributed by atoms with Gasteiger partial charge in [-0.3, -0.25) is 9.78 Å². The fourth-order valence-electron chi connectivity index (χ4n) is 4.78. The van der Waals surface area contributed by atoms with E-state index in [9.17, 15) is 13.6 Å². The highest BCUT2D eigenvalue weighted by atomic mass is 28.4. The number of halogens is 2. The number of aromatic nitrogens is 1. The number of alkyl halides is 2. The van der Waals surface area contributed by atoms with Gasteiger partial charge < -0.3 is 18.8 Å². The van der Waals surface area contributed by atoms with Gasteiger partial charge in [0.05, 0.1) is 24.3 Å². The Morgan fingerprint density at radius 1 is 1.14 bits per heavy atom. The fourth-order valence-corrected chi connectivity index (χ4v) is 6.58. The van der Waals surface area contributed by atoms with Gasteiger partial charge in [-0.15, -0.1) is 0 Å². The van der Waals surface area contributed by atoms with Crippen LogP contribution in [-0.4, -0.2) is 65.3 Å². The van der Waals surface area contributed by atoms with Gasteiger partial charge in [0.15, 0.2) is 8.32 Å². The van der Waals surface area contributed by atoms with E-state index in [0.29, 0.717) is 45.0 Å². The molecular weight excluding hydrogens is 510 g/mol. The number of carbonyl (C=O) groups excluding carboxylic acids is 1. The van der Waals surface area contributed by atoms with Gasteiger partial charge in [0.2, 0.25) is 5.91 Å². The molecule has 0 aliphatic carbocycles. The van der Waals surface area contributed by atoms with E-state index in [1.54, 1.807) is 11.0 Å². The highest BCUT2D eigenvalue weighted by molar-refractivity contribution is 6.76. The van der Waals surface area contributed by atoms with E-state index in [1.165, 1.54) is 6.07 Å². The normalized spacial score (nSPS) is 21.9. The van der Waals surface area contributed by atoms with Gasteiger partial charge in [0.1, 0.15) is 18.0 Å². The molecule has 1 aromatic heterocycles. The lowest BCUT2D eigenvalue weighted by Gasteiger charge is -2.56. The van der Waals surface area contributed by atoms with Crippen LogP contribution in [0.25, 0.3) is 0 Å². The standard InChI is InChI=1S/C27H46F2N2O4Si2/c1-10-26(13-14-35-37(8,9)25(2,3)4)22-20(11-12-21(30-22)23(28)29)27(17-34-18-27)31(24(26)32)19-33-15-16-36(5,6)7/h11-12,23H,10,13-19H2,1-9H3. The Labute approximate surface area is 223 Å². The number of carbonyl (C=O) groups is 1. The van der Waals surface area contributed by atoms with E-state index in [4.69, 9.17) is 13.9 Å². The van der Waals surface area contributed by atoms with Crippen LogP contribution >= 0.6 is 0 Å². The molecule has 1 saturated heterocycles. The second-order valence-corrected chi connectivity index (χ2v) is 23.8. The van der Waals surface area contributed by atoms with Gasteiger partial charge in [-0.2, -0.15) is 0 Å². The molecule has 1 amide bonds. The summed E-state index contributed by atoms with van der Waals surface area (Å²) in [6, 6.07) is 4.11. The van der Waals surface area contributed by atoms with Crippen molar-refractivity contribution in [1.82, 2.24) is 9.88 Å². The maximum Gasteiger partial charge on any atom is 0.280 e. The van der Waals surface area contributed by atoms with Crippen molar-refractivity contribution in [2.24, 2.45) is 0 Å². The summed E-state index contributed by atoms with van der Waals surface area (Å²) in [6.45, 7) is 21.4. The molecule has 0 N–H and O–H groups in total. The van der Waals surface area contributed by atoms with Gasteiger partial charge in [-0.25, -0.2) is 8.78 Å². The van der Waals surface area contributed by atoms with Crippen molar-refractivity contribution in [2.45, 2.75) is 102 Å². The van der Waals surface area contributed by atoms with E-state index in [0.717, 1.165) is 11.6 Å². The minimum Gasteiger partial charge on any atom is -0.417 e. The lowest BCUT2D eigenvalue weighted by Crippen LogP contribution is -2.69. The Morgan fingerprint density at radius 2 is 1.78 bits per heavy atom. The highest BCUT2D eigenvalue weighted by Crippen LogP contribution is 2.50. The number of ether oxygens (including phenoxy) is 2. The number of rotatable bonds is 11. The van der Waals surface area contributed by atoms with Crippen molar-refractivity contribution in [3.05, 3.63) is 29.1 Å². The average Bonchev–Trinajstić information content (AvgIpc) is 2.75. The number of nitrogens with zero attached hydrogens (tertiary/aromatic N) is 2. The van der Waals surface area contributed by atoms with E-state index in [1.807, 2.05) is 6.92 Å². The molecule has 1 aromatic rings. The SMILES string of the molecule is CCC1(CCO[Si](C)(C)C(C)(C)C)C(=O)N(COCC[Si](C)(C)C)C2(COC2)c2ccc(C(F)F)nc21. The average molecular weight is 557 g/mol. The van der Waals surface area contributed by atoms with Gasteiger partial charge in [0.25, 0.3) is 6.43 Å². The fraction of sp³-hybridized carbons (Fsp3) is 0.778. The van der Waals surface area contributed by atoms with Crippen LogP contribution in [0.4, 0.5) is 8.78 Å². The summed E-state index contributed by atoms with van der Waals surface area (Å²) in [4.78, 5) is 20.7. The first-order valence-electron chi connectivity index (χ1n) is 13.4. The van der Waals surface area contributed by atoms with E-state index in [-0.39, 0.29) is 23.4 Å². The molecule has 1 atom stereocenters. The first-order chi connectivity index (χ1) is 17.0. The van der Waals surface area contributed by atoms with Crippen molar-refractivity contribution in [2.75, 3.05) is 33.2 Å². The Morgan fingerprint density at radius 3 is 2.27 bits per heavy atom. The summed E-state index contributed by atoms with van der Waals surface area (Å²) in [5.74, 6) is -0.128. The molecule has 0 aromatic carbocycles. The highest BCUT2D eigenvalue weighted by Gasteiger charge is 2.60. The van der Waals surface area contributed by atoms with Crippen LogP contribution in [0.3, 0.4) is 0 Å². The summed E-state index contributed by atoms with van der Waals surface area (Å²) in [7, 11) is -3.37. The van der Waals surface area contributed by atoms with E-state index in [2.05, 4.69) is 58.5 Å². The third-order valence-corrected chi connectivity index (χ3v) is 14.8. The van der Waals surface area contributed by atoms with Crippen LogP contribution in [0.2, 0.25) is 43.8 Å². The molecule has 1 fully saturated rings. The molecule has 3 heterocycles. The van der Waals surface area contributed by atoms with E-state index < -0.39 is 33.8 Å². The van der Waals surface area contributed by atoms with Crippen LogP contribution in [-0.2, 0) is 29.6 Å². The van der Waals surface area contributed by atoms with Crippen molar-refractivity contribution in [1.29, 1.82) is 0 Å². The van der Waals surface area contributed by atoms with Crippen LogP contribution in [0.1, 0.15) is 63.9 Å². The molecule has 1 spiro atoms. The second-order valence-electron chi connectivity index (χ2n) is 13.3. The Balaban J connectivity index is 2.01. The topological polar surface area (TPSA) is 60.9 Å². The summed E-state index contributed by atoms with van der Waals surface area (Å²) in [5.41, 5.74) is -0.849. The molecule has 210 valence electrons. The molecule has 2 aliphatic rings. The predicted octanol–water partition coefficient (Wildman–Crippen LogP) is 6.46. The van der Waals surface area contributed by atoms with Crippen LogP contribution in [0, 0.1) is 0 Å². The summed E-state index contributed by atoms with van der Waals surface area (Å²) < 4.78 is 45.7. The molecule has 2 aliphatic heterocycles. The van der Waals surface area contributed by atoms with Crippen LogP contribution < -0.4 is 0 Å². The first kappa shape index (κ1) is 30.3. The smallest absolute Gasteiger partial charge is 0.280 e. The van der Waals surface area contributed by atoms with Gasteiger partial charge in [-0.1, -0.05) is 53.4 Å². The van der Waals surface area contributed by atoms with Crippen molar-refractivity contribution >= 4 is 22.3 Å². The number of pyridine rings is 1. The van der Waals surface area contributed by atoms with Crippen LogP contribution in [0.5, 0.6) is 0 Å². The molecule has 1 unspecified atom stereocenters. The van der Waals surface area contributed by atoms with Gasteiger partial charge >= 0.3 is 0 Å². The second kappa shape index (κ2) is 10.8. The predicted molar refractivity (Wildman–Crippen MR) is 147 cm³/mol. The minimum atomic E-state index is -2.71. The third-order valence-electron chi connectivity index (χ3n) is 8.57. The Kier molecular flexibility index (Phi) is 8.82. The molecule has 0 radical (unpaired) electrons. The van der Waals surface area contributed by atoms with Crippen LogP contribution in [0.15, 0.2) is 12.1 Å². The van der Waals surface area contributed by atoms with Crippen molar-refractivity contribution in [3.8, 4) is 0 Å². The molecule has 6 nitrogen and oxygen atoms in total. The summed E-state index contributed by atoms with van der Waals surface area (Å²) in [6.07, 6.45) is -1.90. The van der Waals surface area contributed by atoms with Gasteiger partial charge in [-0.05, 0) is 43.1 Å². The number of amides is 1. The summed E-state index contributed by atoms with van der Waals surface area (Å²) in [5, 5.41) is 0.0194. The maximum atomic E-state index is 14.4. The molecule has 37 heavy (non-hydrogen) atoms. The van der Waals surface area contributed by atoms with Crippen molar-refractivity contribution in [3.63, 3.8) is 0 Å². The molecule has 3 rings (SSSR count). The zero-order valence-electron chi connectivity index (χ0n) is 24.2. The third kappa shape index (κ3) is 5.88. The lowest BCUT2D eigenvalue weighted by atomic mass is 9.67. The van der Waals surface area contributed by atoms with Gasteiger partial charge in [0, 0.05) is 26.9 Å². The van der Waals surface area contributed by atoms with E-state index >= 15 is 0 Å². The first-order valence-corrected chi connectivity index (χ1v) is 20.0. The maximum absolute atomic E-state index is 14.4. The molecular formula is C27H46F2N2O4Si2. The Hall–Kier alpha value is -1.21. The zero-order chi connectivity index (χ0) is 27.9. The number of hydrogen-bond acceptors (Lipinski definition) is 5. The molecule has 0 saturated carbocycles. The monoisotopic (exact) mass is 556 g/mol. The quantitative estimate of drug-likeness (QED) is 0.231. The summed E-state index contributed by atoms with van der Waals surface area (Å²) >= 11 is 0.